The third-order valence-electron chi connectivity index (χ3n) is 3.66. The first-order valence-corrected chi connectivity index (χ1v) is 6.29. The van der Waals surface area contributed by atoms with Crippen molar-refractivity contribution in [3.8, 4) is 0 Å². The molecule has 0 N–H and O–H groups in total. The van der Waals surface area contributed by atoms with Gasteiger partial charge >= 0.3 is 5.97 Å². The van der Waals surface area contributed by atoms with Crippen molar-refractivity contribution in [2.75, 3.05) is 27.2 Å². The molecule has 0 aromatic heterocycles. The second kappa shape index (κ2) is 6.87. The average Bonchev–Trinajstić information content (AvgIpc) is 2.40. The van der Waals surface area contributed by atoms with Crippen LogP contribution >= 0.6 is 0 Å². The van der Waals surface area contributed by atoms with Crippen LogP contribution in [-0.4, -0.2) is 37.7 Å². The highest BCUT2D eigenvalue weighted by molar-refractivity contribution is 5.76. The molecule has 1 heterocycles. The first-order chi connectivity index (χ1) is 8.67. The van der Waals surface area contributed by atoms with Gasteiger partial charge in [0.05, 0.1) is 27.2 Å². The maximum absolute atomic E-state index is 12.2. The highest BCUT2D eigenvalue weighted by Gasteiger charge is 2.40. The lowest BCUT2D eigenvalue weighted by Crippen LogP contribution is -3.00. The van der Waals surface area contributed by atoms with Crippen LogP contribution in [0, 0.1) is 0 Å². The topological polar surface area (TPSA) is 26.3 Å². The monoisotopic (exact) mass is 325 g/mol. The predicted octanol–water partition coefficient (Wildman–Crippen LogP) is -0.689. The van der Waals surface area contributed by atoms with Crippen LogP contribution < -0.4 is 17.0 Å². The number of rotatable bonds is 3. The Morgan fingerprint density at radius 2 is 1.95 bits per heavy atom. The molecule has 104 valence electrons. The Balaban J connectivity index is 0.00000180. The Hall–Kier alpha value is -1.13. The normalized spacial score (nSPS) is 23.3. The standard InChI is InChI=1S/C15H20NO2.BrH/c1-16(11-7-4-8-12-16)14(15(17)18-2)13-9-5-3-6-10-13;/h3-7,9-10,14H,8,11-12H2,1-2H3;1H/q+1;/p-1. The average molecular weight is 326 g/mol. The lowest BCUT2D eigenvalue weighted by molar-refractivity contribution is -0.926. The van der Waals surface area contributed by atoms with Crippen LogP contribution in [0.3, 0.4) is 0 Å². The van der Waals surface area contributed by atoms with Crippen molar-refractivity contribution in [1.82, 2.24) is 0 Å². The summed E-state index contributed by atoms with van der Waals surface area (Å²) in [6.07, 6.45) is 5.35. The number of carbonyl (C=O) groups excluding carboxylic acids is 1. The molecule has 0 bridgehead atoms. The van der Waals surface area contributed by atoms with Crippen molar-refractivity contribution in [3.63, 3.8) is 0 Å². The molecule has 2 atom stereocenters. The third-order valence-corrected chi connectivity index (χ3v) is 3.66. The van der Waals surface area contributed by atoms with E-state index in [0.29, 0.717) is 4.48 Å². The number of nitrogens with zero attached hydrogens (tertiary/aromatic N) is 1. The number of hydrogen-bond acceptors (Lipinski definition) is 2. The molecule has 2 unspecified atom stereocenters. The highest BCUT2D eigenvalue weighted by Crippen LogP contribution is 2.30. The van der Waals surface area contributed by atoms with Crippen molar-refractivity contribution in [2.45, 2.75) is 12.5 Å². The number of methoxy groups -OCH3 is 1. The molecule has 0 fully saturated rings. The first kappa shape index (κ1) is 15.9. The van der Waals surface area contributed by atoms with Gasteiger partial charge in [-0.15, -0.1) is 0 Å². The summed E-state index contributed by atoms with van der Waals surface area (Å²) in [7, 11) is 3.59. The molecule has 0 radical (unpaired) electrons. The predicted molar refractivity (Wildman–Crippen MR) is 70.9 cm³/mol. The van der Waals surface area contributed by atoms with Gasteiger partial charge in [-0.25, -0.2) is 4.79 Å². The summed E-state index contributed by atoms with van der Waals surface area (Å²) in [5, 5.41) is 0. The molecule has 19 heavy (non-hydrogen) atoms. The van der Waals surface area contributed by atoms with E-state index >= 15 is 0 Å². The highest BCUT2D eigenvalue weighted by atomic mass is 79.9. The number of likely N-dealkylation sites (N-methyl/N-ethyl adjacent to an activating group) is 1. The number of hydrogen-bond donors (Lipinski definition) is 0. The first-order valence-electron chi connectivity index (χ1n) is 6.29. The number of halogens is 1. The number of benzene rings is 1. The van der Waals surface area contributed by atoms with Gasteiger partial charge in [-0.05, 0) is 6.08 Å². The molecule has 2 rings (SSSR count). The van der Waals surface area contributed by atoms with Crippen molar-refractivity contribution < 1.29 is 31.0 Å². The molecule has 1 aromatic carbocycles. The van der Waals surface area contributed by atoms with E-state index in [9.17, 15) is 4.79 Å². The van der Waals surface area contributed by atoms with Crippen LogP contribution in [0.1, 0.15) is 18.0 Å². The van der Waals surface area contributed by atoms with Crippen LogP contribution in [0.4, 0.5) is 0 Å². The Kier molecular flexibility index (Phi) is 5.76. The molecular weight excluding hydrogens is 306 g/mol. The van der Waals surface area contributed by atoms with Gasteiger partial charge in [-0.3, -0.25) is 0 Å². The van der Waals surface area contributed by atoms with Crippen LogP contribution in [0.5, 0.6) is 0 Å². The van der Waals surface area contributed by atoms with E-state index < -0.39 is 0 Å². The van der Waals surface area contributed by atoms with E-state index in [1.165, 1.54) is 7.11 Å². The van der Waals surface area contributed by atoms with E-state index in [0.717, 1.165) is 25.1 Å². The Morgan fingerprint density at radius 3 is 2.47 bits per heavy atom. The Morgan fingerprint density at radius 1 is 1.26 bits per heavy atom. The molecular formula is C15H20BrNO2. The smallest absolute Gasteiger partial charge is 0.369 e. The molecule has 3 nitrogen and oxygen atoms in total. The van der Waals surface area contributed by atoms with Crippen LogP contribution in [0.25, 0.3) is 0 Å². The molecule has 0 amide bonds. The SMILES string of the molecule is COC(=O)C(c1ccccc1)[N+]1(C)CC=CCC1.[Br-]. The van der Waals surface area contributed by atoms with E-state index in [4.69, 9.17) is 4.74 Å². The molecule has 1 aliphatic rings. The second-order valence-corrected chi connectivity index (χ2v) is 4.98. The fraction of sp³-hybridized carbons (Fsp3) is 0.400. The minimum Gasteiger partial charge on any atom is -1.00 e. The van der Waals surface area contributed by atoms with Gasteiger partial charge in [-0.1, -0.05) is 36.4 Å². The number of carbonyl (C=O) groups is 1. The van der Waals surface area contributed by atoms with Gasteiger partial charge in [0.1, 0.15) is 0 Å². The minimum absolute atomic E-state index is 0. The van der Waals surface area contributed by atoms with Gasteiger partial charge in [0.25, 0.3) is 0 Å². The molecule has 1 aliphatic heterocycles. The van der Waals surface area contributed by atoms with Crippen LogP contribution in [0.2, 0.25) is 0 Å². The van der Waals surface area contributed by atoms with E-state index in [2.05, 4.69) is 19.2 Å². The van der Waals surface area contributed by atoms with Crippen molar-refractivity contribution >= 4 is 5.97 Å². The van der Waals surface area contributed by atoms with Crippen molar-refractivity contribution in [2.24, 2.45) is 0 Å². The van der Waals surface area contributed by atoms with Gasteiger partial charge < -0.3 is 26.2 Å². The van der Waals surface area contributed by atoms with Gasteiger partial charge in [0.2, 0.25) is 6.04 Å². The lowest BCUT2D eigenvalue weighted by Gasteiger charge is -2.40. The molecule has 0 saturated heterocycles. The second-order valence-electron chi connectivity index (χ2n) is 4.98. The van der Waals surface area contributed by atoms with Crippen LogP contribution in [-0.2, 0) is 9.53 Å². The van der Waals surface area contributed by atoms with E-state index in [-0.39, 0.29) is 29.0 Å². The summed E-state index contributed by atoms with van der Waals surface area (Å²) >= 11 is 0. The zero-order chi connectivity index (χ0) is 13.0. The fourth-order valence-electron chi connectivity index (χ4n) is 2.63. The summed E-state index contributed by atoms with van der Waals surface area (Å²) < 4.78 is 5.69. The lowest BCUT2D eigenvalue weighted by atomic mass is 10.0. The zero-order valence-electron chi connectivity index (χ0n) is 11.4. The van der Waals surface area contributed by atoms with E-state index in [1.807, 2.05) is 30.3 Å². The van der Waals surface area contributed by atoms with Gasteiger partial charge in [0, 0.05) is 12.0 Å². The fourth-order valence-corrected chi connectivity index (χ4v) is 2.63. The molecule has 4 heteroatoms. The molecule has 0 spiro atoms. The summed E-state index contributed by atoms with van der Waals surface area (Å²) in [6.45, 7) is 1.83. The summed E-state index contributed by atoms with van der Waals surface area (Å²) in [5.41, 5.74) is 1.03. The number of ether oxygens (including phenoxy) is 1. The Labute approximate surface area is 125 Å². The molecule has 1 aromatic rings. The minimum atomic E-state index is -0.235. The summed E-state index contributed by atoms with van der Waals surface area (Å²) in [4.78, 5) is 12.2. The maximum atomic E-state index is 12.2. The molecule has 0 aliphatic carbocycles. The quantitative estimate of drug-likeness (QED) is 0.418. The number of esters is 1. The maximum Gasteiger partial charge on any atom is 0.369 e. The summed E-state index contributed by atoms with van der Waals surface area (Å²) in [5.74, 6) is -0.154. The zero-order valence-corrected chi connectivity index (χ0v) is 13.0. The van der Waals surface area contributed by atoms with Crippen molar-refractivity contribution in [1.29, 1.82) is 0 Å². The molecule has 0 saturated carbocycles. The van der Waals surface area contributed by atoms with Crippen molar-refractivity contribution in [3.05, 3.63) is 48.0 Å². The van der Waals surface area contributed by atoms with Gasteiger partial charge in [0.15, 0.2) is 0 Å². The number of quaternary nitrogens is 1. The Bertz CT molecular complexity index is 447. The largest absolute Gasteiger partial charge is 1.00 e. The van der Waals surface area contributed by atoms with Crippen LogP contribution in [0.15, 0.2) is 42.5 Å². The summed E-state index contributed by atoms with van der Waals surface area (Å²) in [6, 6.07) is 9.68. The third kappa shape index (κ3) is 3.45. The van der Waals surface area contributed by atoms with Gasteiger partial charge in [-0.2, -0.15) is 0 Å². The van der Waals surface area contributed by atoms with E-state index in [1.54, 1.807) is 0 Å².